The number of carbonyl (C=O) groups is 1. The first kappa shape index (κ1) is 26.6. The first-order valence-corrected chi connectivity index (χ1v) is 14.1. The Kier molecular flexibility index (Phi) is 8.86. The van der Waals surface area contributed by atoms with E-state index in [1.54, 1.807) is 48.5 Å². The lowest BCUT2D eigenvalue weighted by Crippen LogP contribution is -2.41. The highest BCUT2D eigenvalue weighted by Crippen LogP contribution is 2.27. The lowest BCUT2D eigenvalue weighted by Gasteiger charge is -2.25. The summed E-state index contributed by atoms with van der Waals surface area (Å²) < 4.78 is 33.9. The molecule has 1 unspecified atom stereocenters. The molecule has 1 N–H and O–H groups in total. The van der Waals surface area contributed by atoms with Crippen molar-refractivity contribution >= 4 is 33.4 Å². The van der Waals surface area contributed by atoms with Crippen LogP contribution in [0.25, 0.3) is 0 Å². The Morgan fingerprint density at radius 2 is 1.69 bits per heavy atom. The summed E-state index contributed by atoms with van der Waals surface area (Å²) >= 11 is 1.53. The van der Waals surface area contributed by atoms with E-state index in [0.717, 1.165) is 25.9 Å². The molecular formula is C27H32N2O4S2. The molecule has 35 heavy (non-hydrogen) atoms. The normalized spacial score (nSPS) is 12.1. The summed E-state index contributed by atoms with van der Waals surface area (Å²) in [6.07, 6.45) is 1.93. The number of amides is 1. The van der Waals surface area contributed by atoms with E-state index >= 15 is 0 Å². The summed E-state index contributed by atoms with van der Waals surface area (Å²) in [5.41, 5.74) is 3.59. The van der Waals surface area contributed by atoms with Gasteiger partial charge in [-0.15, -0.1) is 11.8 Å². The van der Waals surface area contributed by atoms with Crippen LogP contribution in [0.2, 0.25) is 0 Å². The SMILES string of the molecule is CCOc1ccc(N(CC(=O)NC(C)c2ccc(C)cc2C)S(=O)(=O)c2ccc(SC)cc2)cc1. The lowest BCUT2D eigenvalue weighted by atomic mass is 10.0. The van der Waals surface area contributed by atoms with Crippen molar-refractivity contribution in [2.24, 2.45) is 0 Å². The molecule has 3 rings (SSSR count). The molecule has 0 saturated heterocycles. The average Bonchev–Trinajstić information content (AvgIpc) is 2.83. The molecule has 8 heteroatoms. The van der Waals surface area contributed by atoms with Crippen LogP contribution in [0.15, 0.2) is 76.5 Å². The van der Waals surface area contributed by atoms with Gasteiger partial charge in [-0.05, 0) is 93.6 Å². The number of hydrogen-bond acceptors (Lipinski definition) is 5. The van der Waals surface area contributed by atoms with Crippen LogP contribution in [-0.4, -0.2) is 33.7 Å². The van der Waals surface area contributed by atoms with Crippen molar-refractivity contribution in [3.63, 3.8) is 0 Å². The number of thioether (sulfide) groups is 1. The fourth-order valence-electron chi connectivity index (χ4n) is 3.87. The van der Waals surface area contributed by atoms with Gasteiger partial charge in [-0.25, -0.2) is 8.42 Å². The van der Waals surface area contributed by atoms with Crippen LogP contribution >= 0.6 is 11.8 Å². The highest BCUT2D eigenvalue weighted by atomic mass is 32.2. The molecule has 0 heterocycles. The smallest absolute Gasteiger partial charge is 0.264 e. The van der Waals surface area contributed by atoms with Crippen molar-refractivity contribution in [2.45, 2.75) is 43.5 Å². The number of aryl methyl sites for hydroxylation is 2. The number of anilines is 1. The quantitative estimate of drug-likeness (QED) is 0.363. The highest BCUT2D eigenvalue weighted by molar-refractivity contribution is 7.98. The Balaban J connectivity index is 1.90. The topological polar surface area (TPSA) is 75.7 Å². The molecule has 1 atom stereocenters. The van der Waals surface area contributed by atoms with Crippen LogP contribution in [-0.2, 0) is 14.8 Å². The fraction of sp³-hybridized carbons (Fsp3) is 0.296. The van der Waals surface area contributed by atoms with E-state index in [1.807, 2.05) is 46.1 Å². The molecule has 0 aliphatic rings. The number of sulfonamides is 1. The van der Waals surface area contributed by atoms with Gasteiger partial charge in [0.2, 0.25) is 5.91 Å². The predicted octanol–water partition coefficient (Wildman–Crippen LogP) is 5.50. The second kappa shape index (κ2) is 11.6. The van der Waals surface area contributed by atoms with Gasteiger partial charge in [-0.1, -0.05) is 23.8 Å². The fourth-order valence-corrected chi connectivity index (χ4v) is 5.70. The minimum Gasteiger partial charge on any atom is -0.494 e. The van der Waals surface area contributed by atoms with Gasteiger partial charge < -0.3 is 10.1 Å². The number of hydrogen-bond donors (Lipinski definition) is 1. The highest BCUT2D eigenvalue weighted by Gasteiger charge is 2.28. The molecule has 186 valence electrons. The zero-order valence-corrected chi connectivity index (χ0v) is 22.4. The van der Waals surface area contributed by atoms with Crippen molar-refractivity contribution in [1.29, 1.82) is 0 Å². The number of nitrogens with zero attached hydrogens (tertiary/aromatic N) is 1. The molecule has 3 aromatic carbocycles. The Hall–Kier alpha value is -2.97. The molecule has 0 aliphatic carbocycles. The molecule has 0 fully saturated rings. The Morgan fingerprint density at radius 1 is 1.03 bits per heavy atom. The molecule has 0 spiro atoms. The van der Waals surface area contributed by atoms with E-state index in [1.165, 1.54) is 11.8 Å². The zero-order chi connectivity index (χ0) is 25.6. The summed E-state index contributed by atoms with van der Waals surface area (Å²) in [5, 5.41) is 2.96. The Bertz CT molecular complexity index is 1260. The minimum absolute atomic E-state index is 0.124. The molecule has 6 nitrogen and oxygen atoms in total. The van der Waals surface area contributed by atoms with Gasteiger partial charge in [0, 0.05) is 4.90 Å². The molecule has 0 aromatic heterocycles. The van der Waals surface area contributed by atoms with E-state index in [9.17, 15) is 13.2 Å². The molecule has 0 bridgehead atoms. The maximum absolute atomic E-state index is 13.6. The van der Waals surface area contributed by atoms with Crippen LogP contribution < -0.4 is 14.4 Å². The first-order valence-electron chi connectivity index (χ1n) is 11.4. The minimum atomic E-state index is -3.99. The van der Waals surface area contributed by atoms with Crippen LogP contribution in [0.5, 0.6) is 5.75 Å². The maximum atomic E-state index is 13.6. The van der Waals surface area contributed by atoms with Gasteiger partial charge >= 0.3 is 0 Å². The van der Waals surface area contributed by atoms with E-state index in [4.69, 9.17) is 4.74 Å². The van der Waals surface area contributed by atoms with Gasteiger partial charge in [0.05, 0.1) is 23.2 Å². The maximum Gasteiger partial charge on any atom is 0.264 e. The first-order chi connectivity index (χ1) is 16.6. The molecule has 0 radical (unpaired) electrons. The number of rotatable bonds is 10. The van der Waals surface area contributed by atoms with E-state index in [2.05, 4.69) is 11.4 Å². The van der Waals surface area contributed by atoms with E-state index < -0.39 is 15.9 Å². The lowest BCUT2D eigenvalue weighted by molar-refractivity contribution is -0.120. The summed E-state index contributed by atoms with van der Waals surface area (Å²) in [6.45, 7) is 7.94. The van der Waals surface area contributed by atoms with Gasteiger partial charge in [0.1, 0.15) is 12.3 Å². The summed E-state index contributed by atoms with van der Waals surface area (Å²) in [4.78, 5) is 14.2. The van der Waals surface area contributed by atoms with Crippen molar-refractivity contribution in [3.05, 3.63) is 83.4 Å². The Morgan fingerprint density at radius 3 is 2.26 bits per heavy atom. The van der Waals surface area contributed by atoms with E-state index in [0.29, 0.717) is 18.0 Å². The van der Waals surface area contributed by atoms with Crippen LogP contribution in [0.1, 0.15) is 36.6 Å². The van der Waals surface area contributed by atoms with Crippen molar-refractivity contribution < 1.29 is 17.9 Å². The number of nitrogens with one attached hydrogen (secondary N) is 1. The summed E-state index contributed by atoms with van der Waals surface area (Å²) in [7, 11) is -3.99. The molecule has 0 saturated carbocycles. The summed E-state index contributed by atoms with van der Waals surface area (Å²) in [6, 6.07) is 19.2. The average molecular weight is 513 g/mol. The third-order valence-corrected chi connectivity index (χ3v) is 8.17. The monoisotopic (exact) mass is 512 g/mol. The third-order valence-electron chi connectivity index (χ3n) is 5.64. The van der Waals surface area contributed by atoms with Gasteiger partial charge in [0.25, 0.3) is 10.0 Å². The molecule has 3 aromatic rings. The molecule has 1 amide bonds. The van der Waals surface area contributed by atoms with Gasteiger partial charge in [0.15, 0.2) is 0 Å². The predicted molar refractivity (Wildman–Crippen MR) is 143 cm³/mol. The van der Waals surface area contributed by atoms with Crippen molar-refractivity contribution in [1.82, 2.24) is 5.32 Å². The van der Waals surface area contributed by atoms with Gasteiger partial charge in [-0.3, -0.25) is 9.10 Å². The number of benzene rings is 3. The third kappa shape index (κ3) is 6.58. The number of carbonyl (C=O) groups excluding carboxylic acids is 1. The number of ether oxygens (including phenoxy) is 1. The van der Waals surface area contributed by atoms with E-state index in [-0.39, 0.29) is 17.5 Å². The largest absolute Gasteiger partial charge is 0.494 e. The summed E-state index contributed by atoms with van der Waals surface area (Å²) in [5.74, 6) is 0.238. The van der Waals surface area contributed by atoms with Crippen LogP contribution in [0.4, 0.5) is 5.69 Å². The second-order valence-corrected chi connectivity index (χ2v) is 11.0. The van der Waals surface area contributed by atoms with Crippen LogP contribution in [0, 0.1) is 13.8 Å². The zero-order valence-electron chi connectivity index (χ0n) is 20.7. The van der Waals surface area contributed by atoms with Crippen molar-refractivity contribution in [3.8, 4) is 5.75 Å². The van der Waals surface area contributed by atoms with Gasteiger partial charge in [-0.2, -0.15) is 0 Å². The molecular weight excluding hydrogens is 480 g/mol. The second-order valence-electron chi connectivity index (χ2n) is 8.26. The Labute approximate surface area is 212 Å². The van der Waals surface area contributed by atoms with Crippen LogP contribution in [0.3, 0.4) is 0 Å². The standard InChI is InChI=1S/C27H32N2O4S2/c1-6-33-23-10-8-22(9-11-23)29(35(31,32)25-14-12-24(34-5)13-15-25)18-27(30)28-21(4)26-16-7-19(2)17-20(26)3/h7-17,21H,6,18H2,1-5H3,(H,28,30). The van der Waals surface area contributed by atoms with Crippen molar-refractivity contribution in [2.75, 3.05) is 23.7 Å². The molecule has 0 aliphatic heterocycles.